The summed E-state index contributed by atoms with van der Waals surface area (Å²) in [5, 5.41) is 0. The Morgan fingerprint density at radius 1 is 1.21 bits per heavy atom. The van der Waals surface area contributed by atoms with Gasteiger partial charge >= 0.3 is 0 Å². The van der Waals surface area contributed by atoms with E-state index in [4.69, 9.17) is 0 Å². The van der Waals surface area contributed by atoms with Crippen molar-refractivity contribution in [3.63, 3.8) is 0 Å². The fourth-order valence-electron chi connectivity index (χ4n) is 3.43. The SMILES string of the molecule is Cc1ccc(C(C)(C)C(=O)N2CCC[C@@H](c3ccncn3)C2)cc1. The van der Waals surface area contributed by atoms with Crippen LogP contribution in [0.5, 0.6) is 0 Å². The van der Waals surface area contributed by atoms with E-state index in [1.807, 2.05) is 24.8 Å². The fraction of sp³-hybridized carbons (Fsp3) is 0.450. The minimum Gasteiger partial charge on any atom is -0.341 e. The van der Waals surface area contributed by atoms with Crippen LogP contribution in [-0.4, -0.2) is 33.9 Å². The van der Waals surface area contributed by atoms with Crippen molar-refractivity contribution in [2.45, 2.75) is 44.9 Å². The number of piperidine rings is 1. The molecule has 0 radical (unpaired) electrons. The molecule has 0 bridgehead atoms. The Morgan fingerprint density at radius 3 is 2.62 bits per heavy atom. The molecule has 2 heterocycles. The van der Waals surface area contributed by atoms with E-state index in [1.165, 1.54) is 5.56 Å². The number of amides is 1. The van der Waals surface area contributed by atoms with Crippen molar-refractivity contribution in [1.82, 2.24) is 14.9 Å². The van der Waals surface area contributed by atoms with Crippen LogP contribution in [0.25, 0.3) is 0 Å². The number of rotatable bonds is 3. The molecular weight excluding hydrogens is 298 g/mol. The van der Waals surface area contributed by atoms with E-state index in [0.29, 0.717) is 5.92 Å². The van der Waals surface area contributed by atoms with Crippen LogP contribution in [-0.2, 0) is 10.2 Å². The van der Waals surface area contributed by atoms with E-state index in [-0.39, 0.29) is 5.91 Å². The first-order chi connectivity index (χ1) is 11.5. The van der Waals surface area contributed by atoms with Gasteiger partial charge < -0.3 is 4.90 Å². The Labute approximate surface area is 143 Å². The first-order valence-electron chi connectivity index (χ1n) is 8.61. The normalized spacial score (nSPS) is 18.5. The predicted octanol–water partition coefficient (Wildman–Crippen LogP) is 3.47. The van der Waals surface area contributed by atoms with Crippen molar-refractivity contribution in [2.24, 2.45) is 0 Å². The summed E-state index contributed by atoms with van der Waals surface area (Å²) in [5.74, 6) is 0.504. The average Bonchev–Trinajstić information content (AvgIpc) is 2.62. The molecule has 1 aromatic heterocycles. The molecule has 1 fully saturated rings. The number of carbonyl (C=O) groups excluding carboxylic acids is 1. The summed E-state index contributed by atoms with van der Waals surface area (Å²) < 4.78 is 0. The highest BCUT2D eigenvalue weighted by atomic mass is 16.2. The number of nitrogens with zero attached hydrogens (tertiary/aromatic N) is 3. The first-order valence-corrected chi connectivity index (χ1v) is 8.61. The van der Waals surface area contributed by atoms with Crippen molar-refractivity contribution in [1.29, 1.82) is 0 Å². The van der Waals surface area contributed by atoms with Gasteiger partial charge in [-0.05, 0) is 45.2 Å². The summed E-state index contributed by atoms with van der Waals surface area (Å²) in [4.78, 5) is 23.6. The minimum atomic E-state index is -0.513. The van der Waals surface area contributed by atoms with Crippen LogP contribution >= 0.6 is 0 Å². The van der Waals surface area contributed by atoms with Crippen LogP contribution in [0.4, 0.5) is 0 Å². The maximum atomic E-state index is 13.2. The lowest BCUT2D eigenvalue weighted by Crippen LogP contribution is -2.47. The molecule has 1 atom stereocenters. The molecule has 1 amide bonds. The van der Waals surface area contributed by atoms with Gasteiger partial charge in [-0.25, -0.2) is 9.97 Å². The second kappa shape index (κ2) is 6.71. The first kappa shape index (κ1) is 16.6. The Kier molecular flexibility index (Phi) is 4.65. The third-order valence-corrected chi connectivity index (χ3v) is 5.04. The van der Waals surface area contributed by atoms with Gasteiger partial charge in [-0.15, -0.1) is 0 Å². The summed E-state index contributed by atoms with van der Waals surface area (Å²) in [5.41, 5.74) is 2.81. The molecule has 4 heteroatoms. The molecule has 1 aromatic carbocycles. The van der Waals surface area contributed by atoms with Gasteiger partial charge in [0.25, 0.3) is 0 Å². The fourth-order valence-corrected chi connectivity index (χ4v) is 3.43. The van der Waals surface area contributed by atoms with Crippen molar-refractivity contribution < 1.29 is 4.79 Å². The van der Waals surface area contributed by atoms with Crippen LogP contribution in [0.15, 0.2) is 42.9 Å². The zero-order chi connectivity index (χ0) is 17.2. The van der Waals surface area contributed by atoms with E-state index >= 15 is 0 Å². The molecule has 2 aromatic rings. The monoisotopic (exact) mass is 323 g/mol. The third-order valence-electron chi connectivity index (χ3n) is 5.04. The maximum Gasteiger partial charge on any atom is 0.232 e. The van der Waals surface area contributed by atoms with Crippen molar-refractivity contribution in [2.75, 3.05) is 13.1 Å². The van der Waals surface area contributed by atoms with Crippen LogP contribution in [0, 0.1) is 6.92 Å². The number of aryl methyl sites for hydroxylation is 1. The maximum absolute atomic E-state index is 13.2. The molecule has 4 nitrogen and oxygen atoms in total. The second-order valence-electron chi connectivity index (χ2n) is 7.22. The second-order valence-corrected chi connectivity index (χ2v) is 7.22. The summed E-state index contributed by atoms with van der Waals surface area (Å²) in [6.45, 7) is 7.68. The van der Waals surface area contributed by atoms with Crippen LogP contribution < -0.4 is 0 Å². The zero-order valence-electron chi connectivity index (χ0n) is 14.7. The van der Waals surface area contributed by atoms with Crippen LogP contribution in [0.1, 0.15) is 49.4 Å². The summed E-state index contributed by atoms with van der Waals surface area (Å²) in [6, 6.07) is 10.2. The molecule has 3 rings (SSSR count). The van der Waals surface area contributed by atoms with E-state index in [1.54, 1.807) is 12.5 Å². The van der Waals surface area contributed by atoms with Crippen molar-refractivity contribution in [3.8, 4) is 0 Å². The van der Waals surface area contributed by atoms with Crippen LogP contribution in [0.2, 0.25) is 0 Å². The van der Waals surface area contributed by atoms with Gasteiger partial charge in [0, 0.05) is 30.9 Å². The summed E-state index contributed by atoms with van der Waals surface area (Å²) >= 11 is 0. The highest BCUT2D eigenvalue weighted by molar-refractivity contribution is 5.87. The van der Waals surface area contributed by atoms with Crippen LogP contribution in [0.3, 0.4) is 0 Å². The Morgan fingerprint density at radius 2 is 1.96 bits per heavy atom. The highest BCUT2D eigenvalue weighted by Gasteiger charge is 2.36. The van der Waals surface area contributed by atoms with E-state index in [0.717, 1.165) is 37.2 Å². The summed E-state index contributed by atoms with van der Waals surface area (Å²) in [7, 11) is 0. The zero-order valence-corrected chi connectivity index (χ0v) is 14.7. The molecular formula is C20H25N3O. The lowest BCUT2D eigenvalue weighted by molar-refractivity contribution is -0.137. The third kappa shape index (κ3) is 3.32. The quantitative estimate of drug-likeness (QED) is 0.869. The molecule has 24 heavy (non-hydrogen) atoms. The van der Waals surface area contributed by atoms with Gasteiger partial charge in [-0.2, -0.15) is 0 Å². The standard InChI is InChI=1S/C20H25N3O/c1-15-6-8-17(9-7-15)20(2,3)19(24)23-12-4-5-16(13-23)18-10-11-21-14-22-18/h6-11,14,16H,4-5,12-13H2,1-3H3/t16-/m1/s1. The van der Waals surface area contributed by atoms with Crippen molar-refractivity contribution in [3.05, 3.63) is 59.7 Å². The molecule has 0 unspecified atom stereocenters. The van der Waals surface area contributed by atoms with Gasteiger partial charge in [0.15, 0.2) is 0 Å². The Hall–Kier alpha value is -2.23. The lowest BCUT2D eigenvalue weighted by Gasteiger charge is -2.37. The number of hydrogen-bond donors (Lipinski definition) is 0. The number of aromatic nitrogens is 2. The smallest absolute Gasteiger partial charge is 0.232 e. The minimum absolute atomic E-state index is 0.199. The lowest BCUT2D eigenvalue weighted by atomic mass is 9.81. The largest absolute Gasteiger partial charge is 0.341 e. The highest BCUT2D eigenvalue weighted by Crippen LogP contribution is 2.31. The van der Waals surface area contributed by atoms with Gasteiger partial charge in [0.2, 0.25) is 5.91 Å². The Bertz CT molecular complexity index is 695. The number of carbonyl (C=O) groups is 1. The molecule has 126 valence electrons. The average molecular weight is 323 g/mol. The molecule has 0 N–H and O–H groups in total. The predicted molar refractivity (Wildman–Crippen MR) is 94.8 cm³/mol. The van der Waals surface area contributed by atoms with E-state index in [2.05, 4.69) is 41.2 Å². The van der Waals surface area contributed by atoms with Crippen molar-refractivity contribution >= 4 is 5.91 Å². The molecule has 1 aliphatic heterocycles. The molecule has 0 saturated carbocycles. The molecule has 1 saturated heterocycles. The number of likely N-dealkylation sites (tertiary alicyclic amines) is 1. The van der Waals surface area contributed by atoms with E-state index in [9.17, 15) is 4.79 Å². The van der Waals surface area contributed by atoms with E-state index < -0.39 is 5.41 Å². The number of benzene rings is 1. The molecule has 0 aliphatic carbocycles. The number of hydrogen-bond acceptors (Lipinski definition) is 3. The topological polar surface area (TPSA) is 46.1 Å². The van der Waals surface area contributed by atoms with Gasteiger partial charge in [-0.1, -0.05) is 29.8 Å². The summed E-state index contributed by atoms with van der Waals surface area (Å²) in [6.07, 6.45) is 5.46. The van der Waals surface area contributed by atoms with Gasteiger partial charge in [0.05, 0.1) is 5.41 Å². The van der Waals surface area contributed by atoms with Gasteiger partial charge in [-0.3, -0.25) is 4.79 Å². The Balaban J connectivity index is 1.77. The van der Waals surface area contributed by atoms with Gasteiger partial charge in [0.1, 0.15) is 6.33 Å². The molecule has 1 aliphatic rings. The molecule has 0 spiro atoms.